The summed E-state index contributed by atoms with van der Waals surface area (Å²) in [7, 11) is -1.29. The first kappa shape index (κ1) is 18.3. The van der Waals surface area contributed by atoms with Crippen molar-refractivity contribution in [2.75, 3.05) is 26.6 Å². The summed E-state index contributed by atoms with van der Waals surface area (Å²) in [5.74, 6) is -0.0342. The molecule has 0 fully saturated rings. The number of carbonyl (C=O) groups is 1. The van der Waals surface area contributed by atoms with Crippen molar-refractivity contribution in [2.45, 2.75) is 11.3 Å². The number of sulfonamides is 1. The number of alkyl halides is 1. The van der Waals surface area contributed by atoms with Crippen LogP contribution in [-0.2, 0) is 19.6 Å². The molecule has 0 saturated heterocycles. The van der Waals surface area contributed by atoms with E-state index in [1.54, 1.807) is 0 Å². The third-order valence-electron chi connectivity index (χ3n) is 2.86. The van der Waals surface area contributed by atoms with E-state index in [2.05, 4.69) is 11.3 Å². The van der Waals surface area contributed by atoms with Crippen LogP contribution in [0.5, 0.6) is 5.75 Å². The third kappa shape index (κ3) is 4.14. The van der Waals surface area contributed by atoms with Crippen LogP contribution in [0.3, 0.4) is 0 Å². The van der Waals surface area contributed by atoms with Crippen LogP contribution in [0.25, 0.3) is 0 Å². The molecule has 0 radical (unpaired) electrons. The molecule has 0 aromatic heterocycles. The molecule has 0 aliphatic carbocycles. The Morgan fingerprint density at radius 1 is 1.27 bits per heavy atom. The van der Waals surface area contributed by atoms with Crippen molar-refractivity contribution < 1.29 is 22.7 Å². The molecule has 0 saturated carbocycles. The van der Waals surface area contributed by atoms with E-state index in [0.29, 0.717) is 12.2 Å². The highest BCUT2D eigenvalue weighted by Gasteiger charge is 2.29. The van der Waals surface area contributed by atoms with Gasteiger partial charge in [-0.25, -0.2) is 13.2 Å². The summed E-state index contributed by atoms with van der Waals surface area (Å²) >= 11 is 5.62. The molecule has 1 aromatic rings. The Labute approximate surface area is 135 Å². The maximum Gasteiger partial charge on any atom is 0.354 e. The van der Waals surface area contributed by atoms with E-state index in [-0.39, 0.29) is 23.0 Å². The second-order valence-corrected chi connectivity index (χ2v) is 6.47. The lowest BCUT2D eigenvalue weighted by atomic mass is 10.3. The lowest BCUT2D eigenvalue weighted by Crippen LogP contribution is -2.34. The lowest BCUT2D eigenvalue weighted by Gasteiger charge is -2.24. The molecule has 0 bridgehead atoms. The SMILES string of the molecule is C=C(C(=O)OC)N(CCCCl)S(=O)(=O)c1ccc(OC)cc1. The van der Waals surface area contributed by atoms with Crippen molar-refractivity contribution in [3.8, 4) is 5.75 Å². The van der Waals surface area contributed by atoms with E-state index in [4.69, 9.17) is 16.3 Å². The molecule has 6 nitrogen and oxygen atoms in total. The van der Waals surface area contributed by atoms with Crippen molar-refractivity contribution >= 4 is 27.6 Å². The van der Waals surface area contributed by atoms with Gasteiger partial charge in [0.25, 0.3) is 10.0 Å². The highest BCUT2D eigenvalue weighted by Crippen LogP contribution is 2.23. The maximum atomic E-state index is 12.7. The van der Waals surface area contributed by atoms with Gasteiger partial charge in [-0.3, -0.25) is 4.31 Å². The van der Waals surface area contributed by atoms with Crippen LogP contribution in [0.2, 0.25) is 0 Å². The van der Waals surface area contributed by atoms with Crippen LogP contribution in [-0.4, -0.2) is 45.3 Å². The summed E-state index contributed by atoms with van der Waals surface area (Å²) < 4.78 is 35.8. The number of hydrogen-bond donors (Lipinski definition) is 0. The van der Waals surface area contributed by atoms with Crippen LogP contribution in [0.15, 0.2) is 41.4 Å². The first-order valence-electron chi connectivity index (χ1n) is 6.38. The molecule has 1 aromatic carbocycles. The Kier molecular flexibility index (Phi) is 6.70. The number of esters is 1. The summed E-state index contributed by atoms with van der Waals surface area (Å²) in [5.41, 5.74) is -0.261. The van der Waals surface area contributed by atoms with Crippen LogP contribution < -0.4 is 4.74 Å². The number of methoxy groups -OCH3 is 2. The van der Waals surface area contributed by atoms with Gasteiger partial charge in [-0.1, -0.05) is 6.58 Å². The fourth-order valence-corrected chi connectivity index (χ4v) is 3.29. The molecule has 0 atom stereocenters. The van der Waals surface area contributed by atoms with Crippen LogP contribution >= 0.6 is 11.6 Å². The summed E-state index contributed by atoms with van der Waals surface area (Å²) in [5, 5.41) is 0. The highest BCUT2D eigenvalue weighted by molar-refractivity contribution is 7.89. The van der Waals surface area contributed by atoms with Crippen molar-refractivity contribution in [2.24, 2.45) is 0 Å². The van der Waals surface area contributed by atoms with Crippen molar-refractivity contribution in [1.29, 1.82) is 0 Å². The fraction of sp³-hybridized carbons (Fsp3) is 0.357. The van der Waals surface area contributed by atoms with Crippen molar-refractivity contribution in [3.63, 3.8) is 0 Å². The fourth-order valence-electron chi connectivity index (χ4n) is 1.70. The molecular weight excluding hydrogens is 330 g/mol. The number of benzene rings is 1. The van der Waals surface area contributed by atoms with E-state index in [1.807, 2.05) is 0 Å². The zero-order valence-corrected chi connectivity index (χ0v) is 14.0. The Bertz CT molecular complexity index is 627. The van der Waals surface area contributed by atoms with Gasteiger partial charge < -0.3 is 9.47 Å². The molecule has 0 aliphatic rings. The number of rotatable bonds is 8. The number of ether oxygens (including phenoxy) is 2. The van der Waals surface area contributed by atoms with Gasteiger partial charge >= 0.3 is 5.97 Å². The molecule has 0 amide bonds. The predicted octanol–water partition coefficient (Wildman–Crippen LogP) is 2.00. The molecular formula is C14H18ClNO5S. The molecule has 0 unspecified atom stereocenters. The summed E-state index contributed by atoms with van der Waals surface area (Å²) in [6.45, 7) is 3.54. The normalized spacial score (nSPS) is 10.9. The monoisotopic (exact) mass is 347 g/mol. The number of nitrogens with zero attached hydrogens (tertiary/aromatic N) is 1. The first-order chi connectivity index (χ1) is 10.4. The Hall–Kier alpha value is -1.73. The molecule has 8 heteroatoms. The minimum Gasteiger partial charge on any atom is -0.497 e. The molecule has 122 valence electrons. The minimum atomic E-state index is -3.93. The zero-order chi connectivity index (χ0) is 16.8. The number of halogens is 1. The Balaban J connectivity index is 3.19. The van der Waals surface area contributed by atoms with Gasteiger partial charge in [0.2, 0.25) is 0 Å². The Morgan fingerprint density at radius 3 is 2.32 bits per heavy atom. The standard InChI is InChI=1S/C14H18ClNO5S/c1-11(14(17)21-3)16(10-4-9-15)22(18,19)13-7-5-12(20-2)6-8-13/h5-8H,1,4,9-10H2,2-3H3. The van der Waals surface area contributed by atoms with Crippen molar-refractivity contribution in [1.82, 2.24) is 4.31 Å². The van der Waals surface area contributed by atoms with Gasteiger partial charge in [0.05, 0.1) is 19.1 Å². The van der Waals surface area contributed by atoms with E-state index < -0.39 is 16.0 Å². The third-order valence-corrected chi connectivity index (χ3v) is 4.98. The van der Waals surface area contributed by atoms with Gasteiger partial charge in [0, 0.05) is 12.4 Å². The van der Waals surface area contributed by atoms with Crippen LogP contribution in [0.1, 0.15) is 6.42 Å². The van der Waals surface area contributed by atoms with Crippen LogP contribution in [0, 0.1) is 0 Å². The molecule has 0 heterocycles. The first-order valence-corrected chi connectivity index (χ1v) is 8.36. The van der Waals surface area contributed by atoms with Crippen LogP contribution in [0.4, 0.5) is 0 Å². The van der Waals surface area contributed by atoms with Gasteiger partial charge in [-0.2, -0.15) is 0 Å². The minimum absolute atomic E-state index is 0.0212. The smallest absolute Gasteiger partial charge is 0.354 e. The Morgan fingerprint density at radius 2 is 1.86 bits per heavy atom. The molecule has 0 aliphatic heterocycles. The molecule has 0 spiro atoms. The number of hydrogen-bond acceptors (Lipinski definition) is 5. The average Bonchev–Trinajstić information content (AvgIpc) is 2.54. The summed E-state index contributed by atoms with van der Waals surface area (Å²) in [4.78, 5) is 11.6. The lowest BCUT2D eigenvalue weighted by molar-refractivity contribution is -0.137. The highest BCUT2D eigenvalue weighted by atomic mass is 35.5. The van der Waals surface area contributed by atoms with Gasteiger partial charge in [0.15, 0.2) is 0 Å². The van der Waals surface area contributed by atoms with E-state index >= 15 is 0 Å². The maximum absolute atomic E-state index is 12.7. The largest absolute Gasteiger partial charge is 0.497 e. The molecule has 22 heavy (non-hydrogen) atoms. The number of carbonyl (C=O) groups excluding carboxylic acids is 1. The summed E-state index contributed by atoms with van der Waals surface area (Å²) in [6, 6.07) is 5.83. The summed E-state index contributed by atoms with van der Waals surface area (Å²) in [6.07, 6.45) is 0.368. The van der Waals surface area contributed by atoms with E-state index in [9.17, 15) is 13.2 Å². The zero-order valence-electron chi connectivity index (χ0n) is 12.4. The second kappa shape index (κ2) is 8.05. The van der Waals surface area contributed by atoms with Gasteiger partial charge in [-0.05, 0) is 30.7 Å². The van der Waals surface area contributed by atoms with Crippen molar-refractivity contribution in [3.05, 3.63) is 36.5 Å². The molecule has 1 rings (SSSR count). The topological polar surface area (TPSA) is 72.9 Å². The van der Waals surface area contributed by atoms with Gasteiger partial charge in [0.1, 0.15) is 11.4 Å². The second-order valence-electron chi connectivity index (χ2n) is 4.23. The van der Waals surface area contributed by atoms with Gasteiger partial charge in [-0.15, -0.1) is 11.6 Å². The van der Waals surface area contributed by atoms with E-state index in [0.717, 1.165) is 11.4 Å². The van der Waals surface area contributed by atoms with E-state index in [1.165, 1.54) is 31.4 Å². The molecule has 0 N–H and O–H groups in total. The quantitative estimate of drug-likeness (QED) is 0.408. The predicted molar refractivity (Wildman–Crippen MR) is 83.4 cm³/mol. The average molecular weight is 348 g/mol.